The summed E-state index contributed by atoms with van der Waals surface area (Å²) in [6.07, 6.45) is 2.40. The SMILES string of the molecule is CCNC(=NCc1ccccc1OCC)NCCCN1CCCN(C)CC1. The van der Waals surface area contributed by atoms with Gasteiger partial charge in [0, 0.05) is 31.7 Å². The second kappa shape index (κ2) is 12.6. The number of guanidine groups is 1. The van der Waals surface area contributed by atoms with Crippen LogP contribution in [0.15, 0.2) is 29.3 Å². The van der Waals surface area contributed by atoms with Crippen LogP contribution in [0.3, 0.4) is 0 Å². The monoisotopic (exact) mass is 375 g/mol. The lowest BCUT2D eigenvalue weighted by Crippen LogP contribution is -2.39. The second-order valence-corrected chi connectivity index (χ2v) is 7.01. The van der Waals surface area contributed by atoms with E-state index in [0.29, 0.717) is 13.2 Å². The molecule has 2 N–H and O–H groups in total. The van der Waals surface area contributed by atoms with Gasteiger partial charge in [0.1, 0.15) is 5.75 Å². The van der Waals surface area contributed by atoms with Crippen LogP contribution in [0.2, 0.25) is 0 Å². The Morgan fingerprint density at radius 3 is 2.78 bits per heavy atom. The molecule has 0 bridgehead atoms. The highest BCUT2D eigenvalue weighted by Crippen LogP contribution is 2.18. The standard InChI is InChI=1S/C21H37N5O/c1-4-22-21(24-18-19-10-6-7-11-20(19)27-5-2)23-12-8-14-26-15-9-13-25(3)16-17-26/h6-7,10-11H,4-5,8-9,12-18H2,1-3H3,(H2,22,23,24). The maximum Gasteiger partial charge on any atom is 0.191 e. The van der Waals surface area contributed by atoms with Crippen molar-refractivity contribution in [1.82, 2.24) is 20.4 Å². The van der Waals surface area contributed by atoms with Crippen molar-refractivity contribution in [3.63, 3.8) is 0 Å². The van der Waals surface area contributed by atoms with Gasteiger partial charge >= 0.3 is 0 Å². The van der Waals surface area contributed by atoms with Gasteiger partial charge < -0.3 is 25.2 Å². The molecule has 1 aromatic rings. The largest absolute Gasteiger partial charge is 0.494 e. The fourth-order valence-corrected chi connectivity index (χ4v) is 3.27. The van der Waals surface area contributed by atoms with Gasteiger partial charge in [-0.15, -0.1) is 0 Å². The Bertz CT molecular complexity index is 563. The molecular weight excluding hydrogens is 338 g/mol. The van der Waals surface area contributed by atoms with Crippen LogP contribution in [0.4, 0.5) is 0 Å². The first kappa shape index (κ1) is 21.5. The van der Waals surface area contributed by atoms with Crippen molar-refractivity contribution in [2.24, 2.45) is 4.99 Å². The van der Waals surface area contributed by atoms with Gasteiger partial charge in [-0.05, 0) is 59.4 Å². The van der Waals surface area contributed by atoms with Gasteiger partial charge in [0.05, 0.1) is 13.2 Å². The molecule has 1 aliphatic heterocycles. The molecular formula is C21H37N5O. The maximum atomic E-state index is 5.69. The maximum absolute atomic E-state index is 5.69. The fourth-order valence-electron chi connectivity index (χ4n) is 3.27. The third kappa shape index (κ3) is 8.18. The van der Waals surface area contributed by atoms with Gasteiger partial charge in [-0.25, -0.2) is 4.99 Å². The summed E-state index contributed by atoms with van der Waals surface area (Å²) < 4.78 is 5.69. The molecule has 1 aromatic carbocycles. The molecule has 1 fully saturated rings. The van der Waals surface area contributed by atoms with Gasteiger partial charge in [0.2, 0.25) is 0 Å². The van der Waals surface area contributed by atoms with E-state index in [2.05, 4.69) is 40.5 Å². The van der Waals surface area contributed by atoms with E-state index >= 15 is 0 Å². The van der Waals surface area contributed by atoms with Gasteiger partial charge in [-0.2, -0.15) is 0 Å². The average Bonchev–Trinajstić information content (AvgIpc) is 2.88. The zero-order chi connectivity index (χ0) is 19.3. The molecule has 2 rings (SSSR count). The number of para-hydroxylation sites is 1. The summed E-state index contributed by atoms with van der Waals surface area (Å²) in [7, 11) is 2.22. The number of likely N-dealkylation sites (N-methyl/N-ethyl adjacent to an activating group) is 1. The highest BCUT2D eigenvalue weighted by Gasteiger charge is 2.11. The van der Waals surface area contributed by atoms with Gasteiger partial charge in [-0.3, -0.25) is 0 Å². The van der Waals surface area contributed by atoms with Crippen LogP contribution in [0, 0.1) is 0 Å². The smallest absolute Gasteiger partial charge is 0.191 e. The van der Waals surface area contributed by atoms with E-state index in [1.807, 2.05) is 25.1 Å². The molecule has 0 radical (unpaired) electrons. The normalized spacial score (nSPS) is 16.8. The van der Waals surface area contributed by atoms with Gasteiger partial charge in [-0.1, -0.05) is 18.2 Å². The van der Waals surface area contributed by atoms with Crippen LogP contribution in [0.5, 0.6) is 5.75 Å². The third-order valence-electron chi connectivity index (χ3n) is 4.78. The lowest BCUT2D eigenvalue weighted by atomic mass is 10.2. The van der Waals surface area contributed by atoms with Crippen molar-refractivity contribution in [2.45, 2.75) is 33.2 Å². The van der Waals surface area contributed by atoms with Crippen molar-refractivity contribution in [3.05, 3.63) is 29.8 Å². The Morgan fingerprint density at radius 2 is 1.96 bits per heavy atom. The summed E-state index contributed by atoms with van der Waals surface area (Å²) in [4.78, 5) is 9.73. The minimum Gasteiger partial charge on any atom is -0.494 e. The van der Waals surface area contributed by atoms with E-state index in [9.17, 15) is 0 Å². The second-order valence-electron chi connectivity index (χ2n) is 7.01. The van der Waals surface area contributed by atoms with Crippen molar-refractivity contribution < 1.29 is 4.74 Å². The zero-order valence-corrected chi connectivity index (χ0v) is 17.3. The topological polar surface area (TPSA) is 52.1 Å². The van der Waals surface area contributed by atoms with Crippen molar-refractivity contribution >= 4 is 5.96 Å². The summed E-state index contributed by atoms with van der Waals surface area (Å²) in [5.74, 6) is 1.80. The van der Waals surface area contributed by atoms with E-state index < -0.39 is 0 Å². The van der Waals surface area contributed by atoms with E-state index in [1.165, 1.54) is 32.6 Å². The van der Waals surface area contributed by atoms with E-state index in [0.717, 1.165) is 43.3 Å². The number of nitrogens with one attached hydrogen (secondary N) is 2. The molecule has 1 heterocycles. The number of rotatable bonds is 9. The quantitative estimate of drug-likeness (QED) is 0.394. The Hall–Kier alpha value is -1.79. The van der Waals surface area contributed by atoms with E-state index in [4.69, 9.17) is 9.73 Å². The predicted molar refractivity (Wildman–Crippen MR) is 114 cm³/mol. The van der Waals surface area contributed by atoms with Crippen molar-refractivity contribution in [1.29, 1.82) is 0 Å². The number of ether oxygens (including phenoxy) is 1. The lowest BCUT2D eigenvalue weighted by molar-refractivity contribution is 0.274. The molecule has 1 saturated heterocycles. The van der Waals surface area contributed by atoms with Crippen LogP contribution in [-0.2, 0) is 6.54 Å². The Morgan fingerprint density at radius 1 is 1.11 bits per heavy atom. The van der Waals surface area contributed by atoms with Crippen LogP contribution < -0.4 is 15.4 Å². The molecule has 0 saturated carbocycles. The molecule has 152 valence electrons. The van der Waals surface area contributed by atoms with Crippen LogP contribution >= 0.6 is 0 Å². The number of hydrogen-bond acceptors (Lipinski definition) is 4. The third-order valence-corrected chi connectivity index (χ3v) is 4.78. The van der Waals surface area contributed by atoms with E-state index in [1.54, 1.807) is 0 Å². The Labute approximate surface area is 165 Å². The Balaban J connectivity index is 1.78. The zero-order valence-electron chi connectivity index (χ0n) is 17.3. The molecule has 0 aromatic heterocycles. The molecule has 1 aliphatic rings. The van der Waals surface area contributed by atoms with Crippen molar-refractivity contribution in [2.75, 3.05) is 59.5 Å². The average molecular weight is 376 g/mol. The molecule has 0 unspecified atom stereocenters. The van der Waals surface area contributed by atoms with Crippen molar-refractivity contribution in [3.8, 4) is 5.75 Å². The van der Waals surface area contributed by atoms with E-state index in [-0.39, 0.29) is 0 Å². The minimum absolute atomic E-state index is 0.615. The number of hydrogen-bond donors (Lipinski definition) is 2. The van der Waals surface area contributed by atoms with Crippen LogP contribution in [-0.4, -0.2) is 75.2 Å². The first-order chi connectivity index (χ1) is 13.2. The van der Waals surface area contributed by atoms with Crippen LogP contribution in [0.1, 0.15) is 32.3 Å². The summed E-state index contributed by atoms with van der Waals surface area (Å²) >= 11 is 0. The fraction of sp³-hybridized carbons (Fsp3) is 0.667. The highest BCUT2D eigenvalue weighted by atomic mass is 16.5. The van der Waals surface area contributed by atoms with Gasteiger partial charge in [0.15, 0.2) is 5.96 Å². The number of benzene rings is 1. The minimum atomic E-state index is 0.615. The summed E-state index contributed by atoms with van der Waals surface area (Å²) in [5.41, 5.74) is 1.12. The summed E-state index contributed by atoms with van der Waals surface area (Å²) in [6, 6.07) is 8.12. The van der Waals surface area contributed by atoms with Gasteiger partial charge in [0.25, 0.3) is 0 Å². The lowest BCUT2D eigenvalue weighted by Gasteiger charge is -2.20. The summed E-state index contributed by atoms with van der Waals surface area (Å²) in [5, 5.41) is 6.80. The molecule has 27 heavy (non-hydrogen) atoms. The molecule has 0 aliphatic carbocycles. The predicted octanol–water partition coefficient (Wildman–Crippen LogP) is 2.17. The Kier molecular flexibility index (Phi) is 10.0. The van der Waals surface area contributed by atoms with Crippen LogP contribution in [0.25, 0.3) is 0 Å². The summed E-state index contributed by atoms with van der Waals surface area (Å²) in [6.45, 7) is 13.1. The molecule has 6 heteroatoms. The molecule has 6 nitrogen and oxygen atoms in total. The number of aliphatic imine (C=N–C) groups is 1. The molecule has 0 atom stereocenters. The molecule has 0 amide bonds. The first-order valence-corrected chi connectivity index (χ1v) is 10.4. The highest BCUT2D eigenvalue weighted by molar-refractivity contribution is 5.79. The first-order valence-electron chi connectivity index (χ1n) is 10.4. The molecule has 0 spiro atoms. The number of nitrogens with zero attached hydrogens (tertiary/aromatic N) is 3.